The fourth-order valence-electron chi connectivity index (χ4n) is 3.70. The molecule has 0 aliphatic heterocycles. The van der Waals surface area contributed by atoms with Crippen LogP contribution in [0.3, 0.4) is 0 Å². The molecule has 0 radical (unpaired) electrons. The molecule has 0 amide bonds. The minimum absolute atomic E-state index is 0.819. The van der Waals surface area contributed by atoms with E-state index < -0.39 is 7.14 Å². The van der Waals surface area contributed by atoms with Gasteiger partial charge in [0, 0.05) is 27.3 Å². The summed E-state index contributed by atoms with van der Waals surface area (Å²) in [5.74, 6) is 0. The summed E-state index contributed by atoms with van der Waals surface area (Å²) in [6, 6.07) is 33.7. The number of benzene rings is 4. The van der Waals surface area contributed by atoms with Crippen molar-refractivity contribution >= 4 is 34.4 Å². The molecule has 1 N–H and O–H groups in total. The Morgan fingerprint density at radius 2 is 1.07 bits per heavy atom. The zero-order chi connectivity index (χ0) is 20.3. The molecule has 0 aromatic heterocycles. The summed E-state index contributed by atoms with van der Waals surface area (Å²) in [5.41, 5.74) is 4.26. The molecular weight excluding hydrogens is 373 g/mol. The van der Waals surface area contributed by atoms with E-state index >= 15 is 0 Å². The summed E-state index contributed by atoms with van der Waals surface area (Å²) in [4.78, 5) is 0. The molecule has 0 aliphatic carbocycles. The van der Waals surface area contributed by atoms with Crippen LogP contribution < -0.4 is 21.2 Å². The van der Waals surface area contributed by atoms with Crippen LogP contribution in [-0.4, -0.2) is 0 Å². The Balaban J connectivity index is 1.93. The fraction of sp³-hybridized carbons (Fsp3) is 0.0769. The van der Waals surface area contributed by atoms with Crippen molar-refractivity contribution in [2.45, 2.75) is 13.8 Å². The molecule has 0 fully saturated rings. The summed E-state index contributed by atoms with van der Waals surface area (Å²) in [7, 11) is -3.04. The van der Waals surface area contributed by atoms with Crippen LogP contribution in [0, 0.1) is 13.8 Å². The number of hydrogen-bond acceptors (Lipinski definition) is 2. The second-order valence-corrected chi connectivity index (χ2v) is 9.92. The molecule has 0 atom stereocenters. The van der Waals surface area contributed by atoms with Gasteiger partial charge < -0.3 is 9.88 Å². The summed E-state index contributed by atoms with van der Waals surface area (Å²) < 4.78 is 14.8. The lowest BCUT2D eigenvalue weighted by atomic mass is 10.1. The topological polar surface area (TPSA) is 29.1 Å². The Hall–Kier alpha value is -3.09. The van der Waals surface area contributed by atoms with Crippen molar-refractivity contribution < 1.29 is 4.57 Å². The van der Waals surface area contributed by atoms with Crippen molar-refractivity contribution in [3.63, 3.8) is 0 Å². The van der Waals surface area contributed by atoms with E-state index in [9.17, 15) is 4.57 Å². The monoisotopic (exact) mass is 397 g/mol. The lowest BCUT2D eigenvalue weighted by molar-refractivity contribution is 0.592. The first-order valence-corrected chi connectivity index (χ1v) is 11.5. The quantitative estimate of drug-likeness (QED) is 0.439. The van der Waals surface area contributed by atoms with Crippen LogP contribution in [0.4, 0.5) is 11.4 Å². The summed E-state index contributed by atoms with van der Waals surface area (Å²) in [6.45, 7) is 4.18. The predicted octanol–water partition coefficient (Wildman–Crippen LogP) is 5.69. The fourth-order valence-corrected chi connectivity index (χ4v) is 6.51. The minimum atomic E-state index is -3.04. The van der Waals surface area contributed by atoms with Crippen LogP contribution in [-0.2, 0) is 4.57 Å². The van der Waals surface area contributed by atoms with Crippen molar-refractivity contribution in [1.82, 2.24) is 0 Å². The van der Waals surface area contributed by atoms with E-state index in [4.69, 9.17) is 0 Å². The molecule has 3 heteroatoms. The molecule has 4 rings (SSSR count). The van der Waals surface area contributed by atoms with Crippen molar-refractivity contribution in [2.24, 2.45) is 0 Å². The van der Waals surface area contributed by atoms with Gasteiger partial charge in [0.2, 0.25) is 0 Å². The van der Waals surface area contributed by atoms with E-state index in [0.29, 0.717) is 0 Å². The molecule has 4 aromatic rings. The third-order valence-corrected chi connectivity index (χ3v) is 8.34. The molecular formula is C26H24NOP. The zero-order valence-corrected chi connectivity index (χ0v) is 17.6. The molecule has 2 nitrogen and oxygen atoms in total. The number of nitrogens with one attached hydrogen (secondary N) is 1. The van der Waals surface area contributed by atoms with E-state index in [-0.39, 0.29) is 0 Å². The Morgan fingerprint density at radius 3 is 1.62 bits per heavy atom. The molecule has 0 heterocycles. The highest BCUT2D eigenvalue weighted by molar-refractivity contribution is 7.85. The number of rotatable bonds is 5. The average Bonchev–Trinajstić information content (AvgIpc) is 2.77. The van der Waals surface area contributed by atoms with Gasteiger partial charge in [0.05, 0.1) is 0 Å². The molecule has 0 unspecified atom stereocenters. The van der Waals surface area contributed by atoms with Gasteiger partial charge in [-0.05, 0) is 37.1 Å². The molecule has 144 valence electrons. The highest BCUT2D eigenvalue weighted by atomic mass is 31.2. The van der Waals surface area contributed by atoms with Gasteiger partial charge in [-0.1, -0.05) is 91.0 Å². The van der Waals surface area contributed by atoms with Gasteiger partial charge >= 0.3 is 0 Å². The molecule has 4 aromatic carbocycles. The van der Waals surface area contributed by atoms with Crippen LogP contribution in [0.5, 0.6) is 0 Å². The minimum Gasteiger partial charge on any atom is -0.354 e. The van der Waals surface area contributed by atoms with Crippen LogP contribution in [0.25, 0.3) is 0 Å². The number of anilines is 2. The SMILES string of the molecule is Cc1cccc(C)c1Nc1ccccc1P(=O)(c1ccccc1)c1ccccc1. The molecule has 29 heavy (non-hydrogen) atoms. The lowest BCUT2D eigenvalue weighted by Crippen LogP contribution is -2.26. The van der Waals surface area contributed by atoms with Crippen molar-refractivity contribution in [3.05, 3.63) is 114 Å². The van der Waals surface area contributed by atoms with Crippen LogP contribution in [0.2, 0.25) is 0 Å². The van der Waals surface area contributed by atoms with E-state index in [1.165, 1.54) is 0 Å². The molecule has 0 aliphatic rings. The van der Waals surface area contributed by atoms with E-state index in [2.05, 4.69) is 37.4 Å². The van der Waals surface area contributed by atoms with Crippen LogP contribution in [0.15, 0.2) is 103 Å². The Morgan fingerprint density at radius 1 is 0.586 bits per heavy atom. The maximum atomic E-state index is 14.8. The highest BCUT2D eigenvalue weighted by Crippen LogP contribution is 2.45. The standard InChI is InChI=1S/C26H24NOP/c1-20-12-11-13-21(2)26(20)27-24-18-9-10-19-25(24)29(28,22-14-5-3-6-15-22)23-16-7-4-8-17-23/h3-19,27H,1-2H3. The summed E-state index contributed by atoms with van der Waals surface area (Å²) >= 11 is 0. The molecule has 0 spiro atoms. The highest BCUT2D eigenvalue weighted by Gasteiger charge is 2.31. The predicted molar refractivity (Wildman–Crippen MR) is 125 cm³/mol. The molecule has 0 saturated carbocycles. The van der Waals surface area contributed by atoms with Gasteiger partial charge in [-0.15, -0.1) is 0 Å². The Labute approximate surface area is 172 Å². The lowest BCUT2D eigenvalue weighted by Gasteiger charge is -2.24. The Bertz CT molecular complexity index is 1110. The summed E-state index contributed by atoms with van der Waals surface area (Å²) in [6.07, 6.45) is 0. The molecule has 0 saturated heterocycles. The van der Waals surface area contributed by atoms with Gasteiger partial charge in [0.1, 0.15) is 0 Å². The largest absolute Gasteiger partial charge is 0.354 e. The van der Waals surface area contributed by atoms with Crippen molar-refractivity contribution in [1.29, 1.82) is 0 Å². The first-order chi connectivity index (χ1) is 14.1. The third-order valence-electron chi connectivity index (χ3n) is 5.22. The third kappa shape index (κ3) is 3.64. The van der Waals surface area contributed by atoms with E-state index in [1.807, 2.05) is 84.9 Å². The van der Waals surface area contributed by atoms with Gasteiger partial charge in [-0.2, -0.15) is 0 Å². The summed E-state index contributed by atoms with van der Waals surface area (Å²) in [5, 5.41) is 6.07. The van der Waals surface area contributed by atoms with Gasteiger partial charge in [0.25, 0.3) is 0 Å². The average molecular weight is 397 g/mol. The number of aryl methyl sites for hydroxylation is 2. The van der Waals surface area contributed by atoms with E-state index in [0.717, 1.165) is 38.4 Å². The second kappa shape index (κ2) is 8.11. The van der Waals surface area contributed by atoms with Crippen LogP contribution >= 0.6 is 7.14 Å². The maximum Gasteiger partial charge on any atom is 0.173 e. The van der Waals surface area contributed by atoms with Crippen molar-refractivity contribution in [2.75, 3.05) is 5.32 Å². The number of para-hydroxylation sites is 2. The maximum absolute atomic E-state index is 14.8. The second-order valence-electron chi connectivity index (χ2n) is 7.19. The Kier molecular flexibility index (Phi) is 5.38. The smallest absolute Gasteiger partial charge is 0.173 e. The van der Waals surface area contributed by atoms with Crippen molar-refractivity contribution in [3.8, 4) is 0 Å². The van der Waals surface area contributed by atoms with Gasteiger partial charge in [0.15, 0.2) is 7.14 Å². The first-order valence-electron chi connectivity index (χ1n) is 9.75. The van der Waals surface area contributed by atoms with Crippen LogP contribution in [0.1, 0.15) is 11.1 Å². The van der Waals surface area contributed by atoms with E-state index in [1.54, 1.807) is 0 Å². The zero-order valence-electron chi connectivity index (χ0n) is 16.7. The van der Waals surface area contributed by atoms with Gasteiger partial charge in [-0.25, -0.2) is 0 Å². The molecule has 0 bridgehead atoms. The van der Waals surface area contributed by atoms with Gasteiger partial charge in [-0.3, -0.25) is 0 Å². The normalized spacial score (nSPS) is 11.2. The first kappa shape index (κ1) is 19.2. The number of hydrogen-bond donors (Lipinski definition) is 1.